The van der Waals surface area contributed by atoms with Crippen molar-refractivity contribution in [2.45, 2.75) is 38.1 Å². The second-order valence-electron chi connectivity index (χ2n) is 6.25. The Labute approximate surface area is 147 Å². The van der Waals surface area contributed by atoms with Gasteiger partial charge in [-0.05, 0) is 36.6 Å². The summed E-state index contributed by atoms with van der Waals surface area (Å²) in [5.41, 5.74) is 0.799. The summed E-state index contributed by atoms with van der Waals surface area (Å²) in [4.78, 5) is 23.6. The monoisotopic (exact) mass is 345 g/mol. The number of esters is 1. The smallest absolute Gasteiger partial charge is 0.331 e. The molecule has 2 aliphatic rings. The molecule has 0 aromatic heterocycles. The Morgan fingerprint density at radius 3 is 2.68 bits per heavy atom. The Hall–Kier alpha value is -2.50. The molecule has 1 saturated carbocycles. The van der Waals surface area contributed by atoms with Crippen LogP contribution in [0.15, 0.2) is 24.3 Å². The number of benzene rings is 1. The normalized spacial score (nSPS) is 17.3. The molecule has 1 fully saturated rings. The van der Waals surface area contributed by atoms with Gasteiger partial charge in [0, 0.05) is 12.1 Å². The summed E-state index contributed by atoms with van der Waals surface area (Å²) in [6, 6.07) is 5.64. The van der Waals surface area contributed by atoms with Crippen LogP contribution in [-0.2, 0) is 14.3 Å². The van der Waals surface area contributed by atoms with E-state index in [2.05, 4.69) is 5.32 Å². The number of fused-ring (bicyclic) bond motifs is 1. The summed E-state index contributed by atoms with van der Waals surface area (Å²) in [7, 11) is 0. The second-order valence-corrected chi connectivity index (χ2v) is 6.25. The lowest BCUT2D eigenvalue weighted by Gasteiger charge is -2.22. The van der Waals surface area contributed by atoms with Gasteiger partial charge in [-0.1, -0.05) is 25.3 Å². The average Bonchev–Trinajstić information content (AvgIpc) is 2.65. The van der Waals surface area contributed by atoms with E-state index < -0.39 is 5.97 Å². The van der Waals surface area contributed by atoms with Crippen molar-refractivity contribution in [1.82, 2.24) is 5.32 Å². The number of amides is 1. The quantitative estimate of drug-likeness (QED) is 0.655. The van der Waals surface area contributed by atoms with Crippen molar-refractivity contribution in [1.29, 1.82) is 0 Å². The van der Waals surface area contributed by atoms with Crippen LogP contribution in [0.4, 0.5) is 0 Å². The minimum atomic E-state index is -0.548. The predicted molar refractivity (Wildman–Crippen MR) is 92.4 cm³/mol. The van der Waals surface area contributed by atoms with Crippen LogP contribution in [0, 0.1) is 0 Å². The zero-order valence-electron chi connectivity index (χ0n) is 14.2. The van der Waals surface area contributed by atoms with Crippen LogP contribution in [0.1, 0.15) is 37.7 Å². The molecule has 1 amide bonds. The molecular formula is C19H23NO5. The lowest BCUT2D eigenvalue weighted by Crippen LogP contribution is -2.38. The van der Waals surface area contributed by atoms with Crippen LogP contribution in [0.3, 0.4) is 0 Å². The molecule has 1 aromatic rings. The first-order valence-electron chi connectivity index (χ1n) is 8.74. The number of nitrogens with one attached hydrogen (secondary N) is 1. The van der Waals surface area contributed by atoms with Crippen molar-refractivity contribution < 1.29 is 23.8 Å². The van der Waals surface area contributed by atoms with Gasteiger partial charge in [0.2, 0.25) is 0 Å². The molecule has 1 aromatic carbocycles. The summed E-state index contributed by atoms with van der Waals surface area (Å²) in [5, 5.41) is 2.91. The van der Waals surface area contributed by atoms with E-state index in [1.165, 1.54) is 12.5 Å². The molecule has 0 bridgehead atoms. The van der Waals surface area contributed by atoms with Gasteiger partial charge >= 0.3 is 5.97 Å². The maximum Gasteiger partial charge on any atom is 0.331 e. The van der Waals surface area contributed by atoms with E-state index in [1.807, 2.05) is 6.07 Å². The third kappa shape index (κ3) is 5.24. The standard InChI is InChI=1S/C19H23NO5/c21-18(20-15-4-2-1-3-5-15)13-25-19(22)9-7-14-6-8-16-17(12-14)24-11-10-23-16/h6-9,12,15H,1-5,10-11,13H2,(H,20,21)/b9-7+. The minimum Gasteiger partial charge on any atom is -0.486 e. The number of carbonyl (C=O) groups is 2. The van der Waals surface area contributed by atoms with Gasteiger partial charge in [0.05, 0.1) is 0 Å². The molecule has 0 spiro atoms. The van der Waals surface area contributed by atoms with Crippen molar-refractivity contribution in [2.75, 3.05) is 19.8 Å². The Kier molecular flexibility index (Phi) is 5.93. The van der Waals surface area contributed by atoms with Crippen LogP contribution in [0.25, 0.3) is 6.08 Å². The zero-order chi connectivity index (χ0) is 17.5. The Balaban J connectivity index is 1.44. The van der Waals surface area contributed by atoms with Crippen LogP contribution >= 0.6 is 0 Å². The number of carbonyl (C=O) groups excluding carboxylic acids is 2. The topological polar surface area (TPSA) is 73.9 Å². The highest BCUT2D eigenvalue weighted by Gasteiger charge is 2.16. The molecule has 1 heterocycles. The molecule has 1 N–H and O–H groups in total. The van der Waals surface area contributed by atoms with E-state index >= 15 is 0 Å². The highest BCUT2D eigenvalue weighted by atomic mass is 16.6. The first kappa shape index (κ1) is 17.3. The summed E-state index contributed by atoms with van der Waals surface area (Å²) in [6.45, 7) is 0.802. The molecule has 0 atom stereocenters. The van der Waals surface area contributed by atoms with Crippen molar-refractivity contribution in [2.24, 2.45) is 0 Å². The Bertz CT molecular complexity index is 649. The molecule has 134 valence electrons. The van der Waals surface area contributed by atoms with Gasteiger partial charge in [0.15, 0.2) is 18.1 Å². The highest BCUT2D eigenvalue weighted by Crippen LogP contribution is 2.31. The fourth-order valence-electron chi connectivity index (χ4n) is 3.03. The zero-order valence-corrected chi connectivity index (χ0v) is 14.2. The van der Waals surface area contributed by atoms with Crippen LogP contribution < -0.4 is 14.8 Å². The van der Waals surface area contributed by atoms with Crippen molar-refractivity contribution in [3.63, 3.8) is 0 Å². The molecule has 0 saturated heterocycles. The fourth-order valence-corrected chi connectivity index (χ4v) is 3.03. The maximum atomic E-state index is 11.8. The van der Waals surface area contributed by atoms with Gasteiger partial charge in [-0.15, -0.1) is 0 Å². The van der Waals surface area contributed by atoms with Gasteiger partial charge in [0.25, 0.3) is 5.91 Å². The third-order valence-electron chi connectivity index (χ3n) is 4.29. The molecule has 6 nitrogen and oxygen atoms in total. The maximum absolute atomic E-state index is 11.8. The first-order chi connectivity index (χ1) is 12.2. The van der Waals surface area contributed by atoms with E-state index in [1.54, 1.807) is 18.2 Å². The lowest BCUT2D eigenvalue weighted by molar-refractivity contribution is -0.144. The molecule has 0 unspecified atom stereocenters. The molecule has 25 heavy (non-hydrogen) atoms. The van der Waals surface area contributed by atoms with E-state index in [0.717, 1.165) is 31.2 Å². The largest absolute Gasteiger partial charge is 0.486 e. The Morgan fingerprint density at radius 1 is 1.12 bits per heavy atom. The van der Waals surface area contributed by atoms with Crippen molar-refractivity contribution in [3.8, 4) is 11.5 Å². The number of hydrogen-bond donors (Lipinski definition) is 1. The fraction of sp³-hybridized carbons (Fsp3) is 0.474. The van der Waals surface area contributed by atoms with Crippen LogP contribution in [0.2, 0.25) is 0 Å². The average molecular weight is 345 g/mol. The van der Waals surface area contributed by atoms with Crippen molar-refractivity contribution in [3.05, 3.63) is 29.8 Å². The lowest BCUT2D eigenvalue weighted by atomic mass is 9.95. The third-order valence-corrected chi connectivity index (χ3v) is 4.29. The number of ether oxygens (including phenoxy) is 3. The van der Waals surface area contributed by atoms with E-state index in [0.29, 0.717) is 24.7 Å². The van der Waals surface area contributed by atoms with Gasteiger partial charge < -0.3 is 19.5 Å². The molecular weight excluding hydrogens is 322 g/mol. The van der Waals surface area contributed by atoms with E-state index in [9.17, 15) is 9.59 Å². The Morgan fingerprint density at radius 2 is 1.88 bits per heavy atom. The summed E-state index contributed by atoms with van der Waals surface area (Å²) in [6.07, 6.45) is 8.45. The summed E-state index contributed by atoms with van der Waals surface area (Å²) in [5.74, 6) is 0.570. The van der Waals surface area contributed by atoms with Crippen LogP contribution in [0.5, 0.6) is 11.5 Å². The number of rotatable bonds is 5. The van der Waals surface area contributed by atoms with Gasteiger partial charge in [-0.3, -0.25) is 4.79 Å². The highest BCUT2D eigenvalue weighted by molar-refractivity contribution is 5.89. The number of hydrogen-bond acceptors (Lipinski definition) is 5. The van der Waals surface area contributed by atoms with Gasteiger partial charge in [0.1, 0.15) is 13.2 Å². The second kappa shape index (κ2) is 8.55. The van der Waals surface area contributed by atoms with Crippen LogP contribution in [-0.4, -0.2) is 37.7 Å². The van der Waals surface area contributed by atoms with E-state index in [-0.39, 0.29) is 18.6 Å². The van der Waals surface area contributed by atoms with Crippen molar-refractivity contribution >= 4 is 18.0 Å². The molecule has 0 radical (unpaired) electrons. The SMILES string of the molecule is O=C(COC(=O)/C=C/c1ccc2c(c1)OCCO2)NC1CCCCC1. The van der Waals surface area contributed by atoms with Gasteiger partial charge in [-0.2, -0.15) is 0 Å². The molecule has 1 aliphatic carbocycles. The van der Waals surface area contributed by atoms with Gasteiger partial charge in [-0.25, -0.2) is 4.79 Å². The molecule has 3 rings (SSSR count). The first-order valence-corrected chi connectivity index (χ1v) is 8.74. The summed E-state index contributed by atoms with van der Waals surface area (Å²) >= 11 is 0. The minimum absolute atomic E-state index is 0.216. The molecule has 6 heteroatoms. The van der Waals surface area contributed by atoms with E-state index in [4.69, 9.17) is 14.2 Å². The summed E-state index contributed by atoms with van der Waals surface area (Å²) < 4.78 is 15.9. The molecule has 1 aliphatic heterocycles. The predicted octanol–water partition coefficient (Wildman–Crippen LogP) is 2.46.